The fraction of sp³-hybridized carbons (Fsp3) is 0.353. The summed E-state index contributed by atoms with van der Waals surface area (Å²) in [7, 11) is 1.51. The Morgan fingerprint density at radius 1 is 1.30 bits per heavy atom. The Kier molecular flexibility index (Phi) is 4.58. The first-order valence-electron chi connectivity index (χ1n) is 8.44. The zero-order valence-corrected chi connectivity index (χ0v) is 15.4. The largest absolute Gasteiger partial charge is 0.479 e. The van der Waals surface area contributed by atoms with Crippen LogP contribution in [0.25, 0.3) is 10.3 Å². The van der Waals surface area contributed by atoms with Gasteiger partial charge in [-0.15, -0.1) is 0 Å². The highest BCUT2D eigenvalue weighted by Gasteiger charge is 2.36. The number of aliphatic hydroxyl groups is 1. The lowest BCUT2D eigenvalue weighted by Crippen LogP contribution is -2.47. The van der Waals surface area contributed by atoms with Crippen molar-refractivity contribution in [3.63, 3.8) is 0 Å². The molecule has 0 bridgehead atoms. The number of piperidine rings is 1. The predicted molar refractivity (Wildman–Crippen MR) is 99.7 cm³/mol. The van der Waals surface area contributed by atoms with Gasteiger partial charge >= 0.3 is 6.03 Å². The van der Waals surface area contributed by atoms with Crippen LogP contribution in [0.4, 0.5) is 9.93 Å². The Morgan fingerprint density at radius 3 is 2.81 bits per heavy atom. The van der Waals surface area contributed by atoms with E-state index in [1.165, 1.54) is 24.8 Å². The first-order valence-corrected chi connectivity index (χ1v) is 9.26. The number of methoxy groups -OCH3 is 1. The number of thiazole rings is 1. The van der Waals surface area contributed by atoms with Gasteiger partial charge in [0.15, 0.2) is 15.5 Å². The molecule has 0 aromatic carbocycles. The molecule has 0 spiro atoms. The second kappa shape index (κ2) is 7.05. The van der Waals surface area contributed by atoms with Crippen LogP contribution in [0.5, 0.6) is 5.88 Å². The van der Waals surface area contributed by atoms with Crippen molar-refractivity contribution in [1.82, 2.24) is 24.8 Å². The van der Waals surface area contributed by atoms with Gasteiger partial charge in [-0.05, 0) is 25.0 Å². The van der Waals surface area contributed by atoms with Gasteiger partial charge in [0, 0.05) is 19.3 Å². The molecule has 3 aromatic heterocycles. The zero-order chi connectivity index (χ0) is 18.9. The number of carbonyl (C=O) groups is 1. The van der Waals surface area contributed by atoms with Gasteiger partial charge in [0.05, 0.1) is 12.8 Å². The molecule has 0 atom stereocenters. The number of aromatic nitrogens is 4. The fourth-order valence-corrected chi connectivity index (χ4v) is 3.87. The highest BCUT2D eigenvalue weighted by Crippen LogP contribution is 2.32. The van der Waals surface area contributed by atoms with Crippen molar-refractivity contribution in [2.45, 2.75) is 18.4 Å². The van der Waals surface area contributed by atoms with Gasteiger partial charge in [0.1, 0.15) is 11.9 Å². The molecule has 1 aliphatic heterocycles. The summed E-state index contributed by atoms with van der Waals surface area (Å²) in [4.78, 5) is 31.6. The summed E-state index contributed by atoms with van der Waals surface area (Å²) >= 11 is 1.26. The molecule has 9 nitrogen and oxygen atoms in total. The summed E-state index contributed by atoms with van der Waals surface area (Å²) in [6, 6.07) is 5.21. The summed E-state index contributed by atoms with van der Waals surface area (Å²) < 4.78 is 5.16. The number of nitrogens with zero attached hydrogens (tertiary/aromatic N) is 5. The van der Waals surface area contributed by atoms with Gasteiger partial charge in [-0.25, -0.2) is 14.8 Å². The van der Waals surface area contributed by atoms with Crippen LogP contribution in [0, 0.1) is 0 Å². The predicted octanol–water partition coefficient (Wildman–Crippen LogP) is 2.01. The number of urea groups is 1. The highest BCUT2D eigenvalue weighted by molar-refractivity contribution is 7.22. The van der Waals surface area contributed by atoms with Gasteiger partial charge in [-0.1, -0.05) is 17.4 Å². The van der Waals surface area contributed by atoms with E-state index in [4.69, 9.17) is 4.74 Å². The molecular weight excluding hydrogens is 368 g/mol. The maximum atomic E-state index is 12.6. The van der Waals surface area contributed by atoms with Crippen molar-refractivity contribution in [3.8, 4) is 5.88 Å². The summed E-state index contributed by atoms with van der Waals surface area (Å²) in [5, 5.41) is 14.0. The molecule has 2 amide bonds. The number of likely N-dealkylation sites (tertiary alicyclic amines) is 1. The molecule has 4 rings (SSSR count). The number of hydrogen-bond donors (Lipinski definition) is 2. The molecular formula is C17H18N6O3S. The Balaban J connectivity index is 1.43. The lowest BCUT2D eigenvalue weighted by atomic mass is 9.88. The van der Waals surface area contributed by atoms with Crippen LogP contribution in [0.2, 0.25) is 0 Å². The van der Waals surface area contributed by atoms with E-state index in [9.17, 15) is 9.90 Å². The number of fused-ring (bicyclic) bond motifs is 1. The highest BCUT2D eigenvalue weighted by atomic mass is 32.1. The van der Waals surface area contributed by atoms with E-state index in [1.54, 1.807) is 11.1 Å². The van der Waals surface area contributed by atoms with E-state index in [0.717, 1.165) is 0 Å². The van der Waals surface area contributed by atoms with Gasteiger partial charge < -0.3 is 14.7 Å². The fourth-order valence-electron chi connectivity index (χ4n) is 3.08. The number of carbonyl (C=O) groups excluding carboxylic acids is 1. The summed E-state index contributed by atoms with van der Waals surface area (Å²) in [5.74, 6) is 0.371. The summed E-state index contributed by atoms with van der Waals surface area (Å²) in [6.07, 6.45) is 3.91. The summed E-state index contributed by atoms with van der Waals surface area (Å²) in [6.45, 7) is 0.847. The molecule has 0 unspecified atom stereocenters. The third-order valence-electron chi connectivity index (χ3n) is 4.59. The standard InChI is InChI=1S/C17H18N6O3S/c1-26-13-12-14(20-10-19-13)27-15(21-12)22-16(24)23-8-5-17(25,6-9-23)11-4-2-3-7-18-11/h2-4,7,10,25H,5-6,8-9H2,1H3,(H,21,22,24). The molecule has 10 heteroatoms. The van der Waals surface area contributed by atoms with Gasteiger partial charge in [0.2, 0.25) is 5.88 Å². The van der Waals surface area contributed by atoms with Crippen molar-refractivity contribution in [3.05, 3.63) is 36.4 Å². The summed E-state index contributed by atoms with van der Waals surface area (Å²) in [5.41, 5.74) is 0.155. The third-order valence-corrected chi connectivity index (χ3v) is 5.47. The van der Waals surface area contributed by atoms with Crippen LogP contribution in [-0.4, -0.2) is 56.2 Å². The Bertz CT molecular complexity index is 956. The average Bonchev–Trinajstić information content (AvgIpc) is 3.11. The Morgan fingerprint density at radius 2 is 2.11 bits per heavy atom. The van der Waals surface area contributed by atoms with E-state index >= 15 is 0 Å². The minimum absolute atomic E-state index is 0.260. The third kappa shape index (κ3) is 3.40. The smallest absolute Gasteiger partial charge is 0.323 e. The van der Waals surface area contributed by atoms with E-state index in [-0.39, 0.29) is 6.03 Å². The van der Waals surface area contributed by atoms with E-state index < -0.39 is 5.60 Å². The first-order chi connectivity index (χ1) is 13.1. The van der Waals surface area contributed by atoms with E-state index in [1.807, 2.05) is 18.2 Å². The van der Waals surface area contributed by atoms with Crippen LogP contribution in [0.15, 0.2) is 30.7 Å². The van der Waals surface area contributed by atoms with Crippen LogP contribution >= 0.6 is 11.3 Å². The molecule has 140 valence electrons. The second-order valence-corrected chi connectivity index (χ2v) is 7.20. The molecule has 27 heavy (non-hydrogen) atoms. The second-order valence-electron chi connectivity index (χ2n) is 6.22. The van der Waals surface area contributed by atoms with Gasteiger partial charge in [-0.2, -0.15) is 4.98 Å². The number of rotatable bonds is 3. The molecule has 1 fully saturated rings. The molecule has 1 saturated heterocycles. The van der Waals surface area contributed by atoms with Crippen LogP contribution in [-0.2, 0) is 5.60 Å². The molecule has 0 saturated carbocycles. The van der Waals surface area contributed by atoms with E-state index in [2.05, 4.69) is 25.3 Å². The van der Waals surface area contributed by atoms with Gasteiger partial charge in [0.25, 0.3) is 0 Å². The minimum Gasteiger partial charge on any atom is -0.479 e. The topological polar surface area (TPSA) is 113 Å². The van der Waals surface area contributed by atoms with Crippen LogP contribution in [0.1, 0.15) is 18.5 Å². The van der Waals surface area contributed by atoms with Crippen molar-refractivity contribution < 1.29 is 14.6 Å². The van der Waals surface area contributed by atoms with Crippen molar-refractivity contribution in [1.29, 1.82) is 0 Å². The number of ether oxygens (including phenoxy) is 1. The number of hydrogen-bond acceptors (Lipinski definition) is 8. The quantitative estimate of drug-likeness (QED) is 0.708. The molecule has 2 N–H and O–H groups in total. The average molecular weight is 386 g/mol. The Hall–Kier alpha value is -2.85. The number of amides is 2. The minimum atomic E-state index is -1.00. The molecule has 4 heterocycles. The SMILES string of the molecule is COc1ncnc2sc(NC(=O)N3CCC(O)(c4ccccn4)CC3)nc12. The molecule has 0 radical (unpaired) electrons. The van der Waals surface area contributed by atoms with Crippen molar-refractivity contribution >= 4 is 32.8 Å². The number of nitrogens with one attached hydrogen (secondary N) is 1. The van der Waals surface area contributed by atoms with Crippen molar-refractivity contribution in [2.75, 3.05) is 25.5 Å². The lowest BCUT2D eigenvalue weighted by Gasteiger charge is -2.37. The van der Waals surface area contributed by atoms with E-state index in [0.29, 0.717) is 53.0 Å². The maximum Gasteiger partial charge on any atom is 0.323 e. The van der Waals surface area contributed by atoms with Crippen molar-refractivity contribution in [2.24, 2.45) is 0 Å². The molecule has 1 aliphatic rings. The molecule has 0 aliphatic carbocycles. The van der Waals surface area contributed by atoms with Crippen LogP contribution in [0.3, 0.4) is 0 Å². The maximum absolute atomic E-state index is 12.6. The van der Waals surface area contributed by atoms with Crippen LogP contribution < -0.4 is 10.1 Å². The monoisotopic (exact) mass is 386 g/mol. The van der Waals surface area contributed by atoms with Gasteiger partial charge in [-0.3, -0.25) is 10.3 Å². The Labute approximate surface area is 159 Å². The lowest BCUT2D eigenvalue weighted by molar-refractivity contribution is -0.0192. The first kappa shape index (κ1) is 17.6. The number of pyridine rings is 1. The normalized spacial score (nSPS) is 16.3. The molecule has 3 aromatic rings. The number of anilines is 1. The zero-order valence-electron chi connectivity index (χ0n) is 14.6.